The molecule has 0 radical (unpaired) electrons. The lowest BCUT2D eigenvalue weighted by atomic mass is 9.96. The van der Waals surface area contributed by atoms with E-state index in [-0.39, 0.29) is 11.2 Å². The Morgan fingerprint density at radius 3 is 2.21 bits per heavy atom. The van der Waals surface area contributed by atoms with Crippen LogP contribution >= 0.6 is 0 Å². The van der Waals surface area contributed by atoms with Gasteiger partial charge in [-0.1, -0.05) is 29.8 Å². The molecule has 2 aromatic rings. The van der Waals surface area contributed by atoms with Crippen molar-refractivity contribution in [3.8, 4) is 0 Å². The van der Waals surface area contributed by atoms with E-state index in [2.05, 4.69) is 10.6 Å². The molecule has 0 saturated heterocycles. The first kappa shape index (κ1) is 16.2. The lowest BCUT2D eigenvalue weighted by Crippen LogP contribution is -2.39. The largest absolute Gasteiger partial charge is 0.347 e. The summed E-state index contributed by atoms with van der Waals surface area (Å²) in [7, 11) is 0. The molecule has 2 N–H and O–H groups in total. The monoisotopic (exact) mass is 326 g/mol. The third-order valence-corrected chi connectivity index (χ3v) is 4.41. The lowest BCUT2D eigenvalue weighted by molar-refractivity contribution is -0.136. The van der Waals surface area contributed by atoms with Gasteiger partial charge < -0.3 is 10.6 Å². The number of nitrogens with one attached hydrogen (secondary N) is 2. The molecule has 124 valence electrons. The van der Waals surface area contributed by atoms with Crippen LogP contribution in [-0.2, 0) is 15.0 Å². The van der Waals surface area contributed by atoms with Gasteiger partial charge in [0.15, 0.2) is 0 Å². The van der Waals surface area contributed by atoms with Crippen LogP contribution in [0, 0.1) is 12.7 Å². The minimum atomic E-state index is -0.686. The maximum atomic E-state index is 13.0. The van der Waals surface area contributed by atoms with Crippen molar-refractivity contribution in [2.24, 2.45) is 0 Å². The average molecular weight is 326 g/mol. The van der Waals surface area contributed by atoms with Crippen LogP contribution in [0.1, 0.15) is 24.0 Å². The Balaban J connectivity index is 1.56. The van der Waals surface area contributed by atoms with Gasteiger partial charge in [-0.25, -0.2) is 4.39 Å². The molecular formula is C19H19FN2O2. The minimum Gasteiger partial charge on any atom is -0.347 e. The number of carbonyl (C=O) groups excluding carboxylic acids is 2. The van der Waals surface area contributed by atoms with E-state index in [4.69, 9.17) is 0 Å². The van der Waals surface area contributed by atoms with Gasteiger partial charge in [0, 0.05) is 17.6 Å². The highest BCUT2D eigenvalue weighted by Crippen LogP contribution is 2.47. The Morgan fingerprint density at radius 2 is 1.62 bits per heavy atom. The molecule has 0 bridgehead atoms. The molecule has 0 atom stereocenters. The highest BCUT2D eigenvalue weighted by molar-refractivity contribution is 6.39. The molecule has 5 heteroatoms. The number of anilines is 1. The van der Waals surface area contributed by atoms with Gasteiger partial charge in [0.2, 0.25) is 0 Å². The van der Waals surface area contributed by atoms with Crippen molar-refractivity contribution in [3.63, 3.8) is 0 Å². The summed E-state index contributed by atoms with van der Waals surface area (Å²) in [5, 5.41) is 5.26. The smallest absolute Gasteiger partial charge is 0.313 e. The number of halogens is 1. The van der Waals surface area contributed by atoms with E-state index in [1.54, 1.807) is 24.3 Å². The van der Waals surface area contributed by atoms with Crippen LogP contribution < -0.4 is 10.6 Å². The van der Waals surface area contributed by atoms with Crippen LogP contribution in [0.4, 0.5) is 10.1 Å². The number of carbonyl (C=O) groups is 2. The molecule has 0 unspecified atom stereocenters. The molecule has 1 saturated carbocycles. The number of hydrogen-bond acceptors (Lipinski definition) is 2. The van der Waals surface area contributed by atoms with Crippen molar-refractivity contribution < 1.29 is 14.0 Å². The Bertz CT molecular complexity index is 750. The van der Waals surface area contributed by atoms with E-state index in [1.807, 2.05) is 19.1 Å². The molecule has 4 nitrogen and oxygen atoms in total. The van der Waals surface area contributed by atoms with Gasteiger partial charge in [0.25, 0.3) is 0 Å². The number of benzene rings is 2. The zero-order valence-electron chi connectivity index (χ0n) is 13.4. The fourth-order valence-electron chi connectivity index (χ4n) is 2.68. The normalized spacial score (nSPS) is 14.8. The van der Waals surface area contributed by atoms with Gasteiger partial charge in [0.05, 0.1) is 0 Å². The van der Waals surface area contributed by atoms with E-state index >= 15 is 0 Å². The van der Waals surface area contributed by atoms with Crippen molar-refractivity contribution in [2.75, 3.05) is 11.9 Å². The topological polar surface area (TPSA) is 58.2 Å². The van der Waals surface area contributed by atoms with Gasteiger partial charge >= 0.3 is 11.8 Å². The van der Waals surface area contributed by atoms with Gasteiger partial charge in [0.1, 0.15) is 5.82 Å². The average Bonchev–Trinajstić information content (AvgIpc) is 3.36. The summed E-state index contributed by atoms with van der Waals surface area (Å²) in [6, 6.07) is 13.5. The zero-order valence-corrected chi connectivity index (χ0v) is 13.4. The molecule has 2 aromatic carbocycles. The quantitative estimate of drug-likeness (QED) is 0.849. The van der Waals surface area contributed by atoms with E-state index in [0.717, 1.165) is 24.0 Å². The fourth-order valence-corrected chi connectivity index (χ4v) is 2.68. The zero-order chi connectivity index (χ0) is 17.2. The summed E-state index contributed by atoms with van der Waals surface area (Å²) in [5.41, 5.74) is 2.48. The second kappa shape index (κ2) is 6.43. The van der Waals surface area contributed by atoms with Crippen molar-refractivity contribution in [1.29, 1.82) is 0 Å². The third-order valence-electron chi connectivity index (χ3n) is 4.41. The standard InChI is InChI=1S/C19H19FN2O2/c1-13-2-8-16(9-3-13)22-18(24)17(23)21-12-19(10-11-19)14-4-6-15(20)7-5-14/h2-9H,10-12H2,1H3,(H,21,23)(H,22,24). The molecule has 24 heavy (non-hydrogen) atoms. The summed E-state index contributed by atoms with van der Waals surface area (Å²) >= 11 is 0. The van der Waals surface area contributed by atoms with Crippen LogP contribution in [0.2, 0.25) is 0 Å². The molecule has 1 aliphatic carbocycles. The Labute approximate surface area is 140 Å². The molecule has 0 aliphatic heterocycles. The number of amides is 2. The predicted molar refractivity (Wildman–Crippen MR) is 90.1 cm³/mol. The summed E-state index contributed by atoms with van der Waals surface area (Å²) < 4.78 is 13.0. The van der Waals surface area contributed by atoms with E-state index in [0.29, 0.717) is 12.2 Å². The lowest BCUT2D eigenvalue weighted by Gasteiger charge is -2.16. The Hall–Kier alpha value is -2.69. The molecule has 0 heterocycles. The van der Waals surface area contributed by atoms with Gasteiger partial charge in [-0.05, 0) is 49.6 Å². The fraction of sp³-hybridized carbons (Fsp3) is 0.263. The molecule has 2 amide bonds. The molecule has 0 aromatic heterocycles. The number of hydrogen-bond donors (Lipinski definition) is 2. The van der Waals surface area contributed by atoms with Crippen LogP contribution in [0.15, 0.2) is 48.5 Å². The number of rotatable bonds is 4. The van der Waals surface area contributed by atoms with Crippen molar-refractivity contribution in [1.82, 2.24) is 5.32 Å². The first-order chi connectivity index (χ1) is 11.5. The maximum absolute atomic E-state index is 13.0. The SMILES string of the molecule is Cc1ccc(NC(=O)C(=O)NCC2(c3ccc(F)cc3)CC2)cc1. The van der Waals surface area contributed by atoms with Crippen molar-refractivity contribution in [3.05, 3.63) is 65.5 Å². The first-order valence-electron chi connectivity index (χ1n) is 7.90. The maximum Gasteiger partial charge on any atom is 0.313 e. The van der Waals surface area contributed by atoms with Crippen molar-refractivity contribution in [2.45, 2.75) is 25.2 Å². The van der Waals surface area contributed by atoms with E-state index in [9.17, 15) is 14.0 Å². The molecule has 1 fully saturated rings. The van der Waals surface area contributed by atoms with Crippen molar-refractivity contribution >= 4 is 17.5 Å². The predicted octanol–water partition coefficient (Wildman–Crippen LogP) is 2.92. The molecule has 0 spiro atoms. The van der Waals surface area contributed by atoms with Gasteiger partial charge in [-0.3, -0.25) is 9.59 Å². The summed E-state index contributed by atoms with van der Waals surface area (Å²) in [5.74, 6) is -1.63. The van der Waals surface area contributed by atoms with Crippen LogP contribution in [0.25, 0.3) is 0 Å². The second-order valence-corrected chi connectivity index (χ2v) is 6.29. The summed E-state index contributed by atoms with van der Waals surface area (Å²) in [4.78, 5) is 23.9. The highest BCUT2D eigenvalue weighted by atomic mass is 19.1. The van der Waals surface area contributed by atoms with Crippen LogP contribution in [0.5, 0.6) is 0 Å². The second-order valence-electron chi connectivity index (χ2n) is 6.29. The summed E-state index contributed by atoms with van der Waals surface area (Å²) in [6.07, 6.45) is 1.83. The van der Waals surface area contributed by atoms with Gasteiger partial charge in [-0.15, -0.1) is 0 Å². The van der Waals surface area contributed by atoms with E-state index < -0.39 is 11.8 Å². The minimum absolute atomic E-state index is 0.173. The van der Waals surface area contributed by atoms with Crippen LogP contribution in [-0.4, -0.2) is 18.4 Å². The third kappa shape index (κ3) is 3.62. The summed E-state index contributed by atoms with van der Waals surface area (Å²) in [6.45, 7) is 2.32. The Morgan fingerprint density at radius 1 is 1.00 bits per heavy atom. The highest BCUT2D eigenvalue weighted by Gasteiger charge is 2.44. The molecular weight excluding hydrogens is 307 g/mol. The number of aryl methyl sites for hydroxylation is 1. The van der Waals surface area contributed by atoms with E-state index in [1.165, 1.54) is 12.1 Å². The van der Waals surface area contributed by atoms with Gasteiger partial charge in [-0.2, -0.15) is 0 Å². The first-order valence-corrected chi connectivity index (χ1v) is 7.90. The molecule has 1 aliphatic rings. The molecule has 3 rings (SSSR count). The Kier molecular flexibility index (Phi) is 4.34. The van der Waals surface area contributed by atoms with Crippen LogP contribution in [0.3, 0.4) is 0 Å².